The molecule has 2 aromatic carbocycles. The molecule has 2 fully saturated rings. The molecule has 20 heteroatoms. The lowest BCUT2D eigenvalue weighted by atomic mass is 9.88. The fourth-order valence-electron chi connectivity index (χ4n) is 5.58. The van der Waals surface area contributed by atoms with Crippen LogP contribution in [0.15, 0.2) is 65.8 Å². The van der Waals surface area contributed by atoms with Crippen molar-refractivity contribution >= 4 is 87.0 Å². The van der Waals surface area contributed by atoms with Crippen LogP contribution in [0, 0.1) is 5.41 Å². The molecule has 3 heterocycles. The molecular weight excluding hydrogens is 807 g/mol. The number of thiazole rings is 1. The number of hydrogen-bond donors (Lipinski definition) is 2. The van der Waals surface area contributed by atoms with E-state index in [0.717, 1.165) is 11.1 Å². The van der Waals surface area contributed by atoms with Crippen LogP contribution >= 0.6 is 46.5 Å². The van der Waals surface area contributed by atoms with Gasteiger partial charge in [-0.15, -0.1) is 11.8 Å². The summed E-state index contributed by atoms with van der Waals surface area (Å²) in [5.41, 5.74) is -1.61. The predicted molar refractivity (Wildman–Crippen MR) is 202 cm³/mol. The number of ether oxygens (including phenoxy) is 2. The van der Waals surface area contributed by atoms with E-state index in [2.05, 4.69) is 15.5 Å². The average molecular weight is 842 g/mol. The number of nitrogens with one attached hydrogen (secondary N) is 2. The predicted octanol–water partition coefficient (Wildman–Crippen LogP) is 5.44. The van der Waals surface area contributed by atoms with E-state index in [1.807, 2.05) is 66.9 Å². The van der Waals surface area contributed by atoms with Gasteiger partial charge in [0.05, 0.1) is 0 Å². The highest BCUT2D eigenvalue weighted by molar-refractivity contribution is 8.00. The van der Waals surface area contributed by atoms with E-state index in [-0.39, 0.29) is 16.6 Å². The van der Waals surface area contributed by atoms with Crippen LogP contribution < -0.4 is 10.6 Å². The third-order valence-corrected chi connectivity index (χ3v) is 11.6. The zero-order chi connectivity index (χ0) is 40.1. The molecule has 13 nitrogen and oxygen atoms in total. The molecule has 3 atom stereocenters. The summed E-state index contributed by atoms with van der Waals surface area (Å²) >= 11 is 9.32. The third-order valence-electron chi connectivity index (χ3n) is 7.98. The minimum Gasteiger partial charge on any atom is -0.457 e. The molecule has 0 aliphatic carbocycles. The van der Waals surface area contributed by atoms with E-state index in [1.165, 1.54) is 28.4 Å². The van der Waals surface area contributed by atoms with Crippen molar-refractivity contribution in [3.8, 4) is 0 Å². The lowest BCUT2D eigenvalue weighted by molar-refractivity contribution is -0.167. The molecule has 2 N–H and O–H groups in total. The van der Waals surface area contributed by atoms with Gasteiger partial charge in [0.1, 0.15) is 32.5 Å². The standard InChI is InChI=1S/C35H35ClF3N5O8S3/c1-33(2,3)52-21(45)15-50-43-23(22-26(36)55-32(41-22)42-30(48)35(37,38)39)27(46)40-24-28(47)44-16-34(17-53-4,18-54-29(24)44)31(49)51-25(19-11-7-5-8-12-19)20-13-9-6-10-14-20/h5-14,24-25,29H,15-18H2,1-4H3,(H,40,46)(H,41,42,48)/t24?,29-,34?/m1/s1. The van der Waals surface area contributed by atoms with Crippen LogP contribution in [0.3, 0.4) is 0 Å². The Labute approximate surface area is 331 Å². The van der Waals surface area contributed by atoms with Gasteiger partial charge in [0.2, 0.25) is 12.5 Å². The van der Waals surface area contributed by atoms with Crippen molar-refractivity contribution in [2.75, 3.05) is 36.2 Å². The number of amides is 3. The summed E-state index contributed by atoms with van der Waals surface area (Å²) in [6.45, 7) is 4.07. The highest BCUT2D eigenvalue weighted by atomic mass is 35.5. The van der Waals surface area contributed by atoms with Crippen molar-refractivity contribution in [3.63, 3.8) is 0 Å². The van der Waals surface area contributed by atoms with E-state index in [9.17, 15) is 37.1 Å². The number of alkyl halides is 3. The molecular formula is C35H35ClF3N5O8S3. The maximum atomic E-state index is 14.1. The van der Waals surface area contributed by atoms with Gasteiger partial charge in [-0.3, -0.25) is 24.5 Å². The Morgan fingerprint density at radius 2 is 1.69 bits per heavy atom. The van der Waals surface area contributed by atoms with Crippen LogP contribution in [0.2, 0.25) is 4.34 Å². The Bertz CT molecular complexity index is 1910. The Balaban J connectivity index is 1.33. The summed E-state index contributed by atoms with van der Waals surface area (Å²) in [6, 6.07) is 17.4. The van der Waals surface area contributed by atoms with Gasteiger partial charge in [0.15, 0.2) is 16.9 Å². The quantitative estimate of drug-likeness (QED) is 0.0975. The van der Waals surface area contributed by atoms with Crippen LogP contribution in [0.25, 0.3) is 0 Å². The topological polar surface area (TPSA) is 166 Å². The Hall–Kier alpha value is -4.33. The summed E-state index contributed by atoms with van der Waals surface area (Å²) in [5, 5.41) is 6.56. The molecule has 1 aromatic heterocycles. The number of carbonyl (C=O) groups excluding carboxylic acids is 5. The van der Waals surface area contributed by atoms with Gasteiger partial charge >= 0.3 is 24.0 Å². The van der Waals surface area contributed by atoms with Crippen molar-refractivity contribution in [3.05, 3.63) is 81.8 Å². The van der Waals surface area contributed by atoms with Crippen LogP contribution in [-0.4, -0.2) is 99.4 Å². The van der Waals surface area contributed by atoms with Crippen molar-refractivity contribution < 1.29 is 51.5 Å². The second-order valence-corrected chi connectivity index (χ2v) is 16.9. The molecule has 2 unspecified atom stereocenters. The van der Waals surface area contributed by atoms with Gasteiger partial charge < -0.3 is 24.5 Å². The molecule has 294 valence electrons. The summed E-state index contributed by atoms with van der Waals surface area (Å²) < 4.78 is 49.7. The van der Waals surface area contributed by atoms with E-state index >= 15 is 0 Å². The molecule has 0 bridgehead atoms. The van der Waals surface area contributed by atoms with Gasteiger partial charge in [-0.1, -0.05) is 88.8 Å². The SMILES string of the molecule is CSCC1(C(=O)OC(c2ccccc2)c2ccccc2)CS[C@@H]2C(NC(=O)C(=NOCC(=O)OC(C)(C)C)c3nc(NC(=O)C(F)(F)F)sc3Cl)C(=O)N2C1. The van der Waals surface area contributed by atoms with E-state index in [1.54, 1.807) is 26.1 Å². The second kappa shape index (κ2) is 17.2. The molecule has 2 aliphatic heterocycles. The molecule has 5 rings (SSSR count). The lowest BCUT2D eigenvalue weighted by Crippen LogP contribution is -2.74. The summed E-state index contributed by atoms with van der Waals surface area (Å²) in [7, 11) is 0. The number of halogens is 4. The average Bonchev–Trinajstić information content (AvgIpc) is 3.49. The fraction of sp³-hybridized carbons (Fsp3) is 0.400. The van der Waals surface area contributed by atoms with Crippen LogP contribution in [0.1, 0.15) is 43.7 Å². The Morgan fingerprint density at radius 1 is 1.07 bits per heavy atom. The number of β-lactam (4-membered cyclic amide) rings is 1. The summed E-state index contributed by atoms with van der Waals surface area (Å²) in [5.74, 6) is -4.70. The number of nitrogens with zero attached hydrogens (tertiary/aromatic N) is 3. The number of aromatic nitrogens is 1. The van der Waals surface area contributed by atoms with Gasteiger partial charge in [-0.25, -0.2) is 9.78 Å². The number of benzene rings is 2. The summed E-state index contributed by atoms with van der Waals surface area (Å²) in [4.78, 5) is 75.5. The van der Waals surface area contributed by atoms with Gasteiger partial charge in [-0.2, -0.15) is 24.9 Å². The number of hydrogen-bond acceptors (Lipinski definition) is 13. The fourth-order valence-corrected chi connectivity index (χ4v) is 9.15. The first kappa shape index (κ1) is 41.8. The van der Waals surface area contributed by atoms with E-state index < -0.39 is 87.5 Å². The number of carbonyl (C=O) groups is 5. The molecule has 55 heavy (non-hydrogen) atoms. The number of oxime groups is 1. The van der Waals surface area contributed by atoms with Crippen molar-refractivity contribution in [2.45, 2.75) is 50.1 Å². The zero-order valence-corrected chi connectivity index (χ0v) is 32.9. The molecule has 2 aliphatic rings. The number of anilines is 1. The molecule has 0 spiro atoms. The molecule has 3 amide bonds. The van der Waals surface area contributed by atoms with E-state index in [4.69, 9.17) is 25.9 Å². The Kier molecular flexibility index (Phi) is 13.1. The number of esters is 2. The van der Waals surface area contributed by atoms with Crippen molar-refractivity contribution in [1.29, 1.82) is 0 Å². The highest BCUT2D eigenvalue weighted by Crippen LogP contribution is 2.45. The molecule has 2 saturated heterocycles. The lowest BCUT2D eigenvalue weighted by Gasteiger charge is -2.54. The monoisotopic (exact) mass is 841 g/mol. The minimum atomic E-state index is -5.24. The maximum Gasteiger partial charge on any atom is 0.471 e. The van der Waals surface area contributed by atoms with Gasteiger partial charge in [-0.05, 0) is 38.2 Å². The maximum absolute atomic E-state index is 14.1. The number of rotatable bonds is 13. The van der Waals surface area contributed by atoms with Crippen molar-refractivity contribution in [2.24, 2.45) is 10.6 Å². The minimum absolute atomic E-state index is 0.00592. The first-order chi connectivity index (χ1) is 25.9. The van der Waals surface area contributed by atoms with Crippen LogP contribution in [-0.2, 0) is 38.3 Å². The molecule has 0 saturated carbocycles. The van der Waals surface area contributed by atoms with Gasteiger partial charge in [0, 0.05) is 18.1 Å². The number of thioether (sulfide) groups is 2. The number of fused-ring (bicyclic) bond motifs is 1. The first-order valence-corrected chi connectivity index (χ1v) is 20.1. The first-order valence-electron chi connectivity index (χ1n) is 16.4. The zero-order valence-electron chi connectivity index (χ0n) is 29.7. The largest absolute Gasteiger partial charge is 0.471 e. The van der Waals surface area contributed by atoms with Crippen LogP contribution in [0.5, 0.6) is 0 Å². The molecule has 3 aromatic rings. The molecule has 0 radical (unpaired) electrons. The van der Waals surface area contributed by atoms with E-state index in [0.29, 0.717) is 17.1 Å². The summed E-state index contributed by atoms with van der Waals surface area (Å²) in [6.07, 6.45) is -4.11. The normalized spacial score (nSPS) is 19.9. The van der Waals surface area contributed by atoms with Gasteiger partial charge in [0.25, 0.3) is 5.91 Å². The smallest absolute Gasteiger partial charge is 0.457 e. The second-order valence-electron chi connectivity index (χ2n) is 13.3. The highest BCUT2D eigenvalue weighted by Gasteiger charge is 2.58. The van der Waals surface area contributed by atoms with Crippen molar-refractivity contribution in [1.82, 2.24) is 15.2 Å². The van der Waals surface area contributed by atoms with Crippen LogP contribution in [0.4, 0.5) is 18.3 Å². The third kappa shape index (κ3) is 10.1. The Morgan fingerprint density at radius 3 is 2.25 bits per heavy atom.